The number of ether oxygens (including phenoxy) is 1. The molecule has 0 spiro atoms. The Kier molecular flexibility index (Phi) is 5.60. The number of rotatable bonds is 4. The van der Waals surface area contributed by atoms with Crippen molar-refractivity contribution in [3.05, 3.63) is 0 Å². The summed E-state index contributed by atoms with van der Waals surface area (Å²) in [6.45, 7) is 9.02. The van der Waals surface area contributed by atoms with Crippen LogP contribution in [0.15, 0.2) is 0 Å². The van der Waals surface area contributed by atoms with E-state index in [1.54, 1.807) is 0 Å². The first-order valence-electron chi connectivity index (χ1n) is 6.84. The largest absolute Gasteiger partial charge is 0.366 e. The molecule has 4 heteroatoms. The minimum Gasteiger partial charge on any atom is -0.366 e. The molecular weight excluding hydrogens is 228 g/mol. The van der Waals surface area contributed by atoms with Crippen LogP contribution >= 0.6 is 0 Å². The van der Waals surface area contributed by atoms with E-state index in [0.29, 0.717) is 0 Å². The molecule has 106 valence electrons. The lowest BCUT2D eigenvalue weighted by Crippen LogP contribution is -2.43. The van der Waals surface area contributed by atoms with Gasteiger partial charge in [-0.25, -0.2) is 0 Å². The summed E-state index contributed by atoms with van der Waals surface area (Å²) in [7, 11) is 4.21. The van der Waals surface area contributed by atoms with Crippen LogP contribution in [0, 0.1) is 5.92 Å². The zero-order valence-corrected chi connectivity index (χ0v) is 12.5. The maximum atomic E-state index is 12.0. The highest BCUT2D eigenvalue weighted by atomic mass is 16.5. The van der Waals surface area contributed by atoms with Crippen molar-refractivity contribution in [2.45, 2.75) is 39.2 Å². The Morgan fingerprint density at radius 3 is 2.28 bits per heavy atom. The Morgan fingerprint density at radius 2 is 1.83 bits per heavy atom. The smallest absolute Gasteiger partial charge is 0.248 e. The van der Waals surface area contributed by atoms with Crippen molar-refractivity contribution in [2.24, 2.45) is 5.92 Å². The van der Waals surface area contributed by atoms with E-state index in [1.807, 2.05) is 25.7 Å². The van der Waals surface area contributed by atoms with E-state index in [4.69, 9.17) is 4.74 Å². The standard InChI is InChI=1S/C14H28N2O2/c1-14(2,3)18-11-13(17)16-8-6-12(7-9-16)10-15(4)5/h12H,6-11H2,1-5H3. The van der Waals surface area contributed by atoms with Gasteiger partial charge in [-0.05, 0) is 53.6 Å². The summed E-state index contributed by atoms with van der Waals surface area (Å²) in [5.74, 6) is 0.862. The van der Waals surface area contributed by atoms with Crippen molar-refractivity contribution in [3.8, 4) is 0 Å². The average Bonchev–Trinajstić information content (AvgIpc) is 2.25. The minimum absolute atomic E-state index is 0.133. The van der Waals surface area contributed by atoms with Crippen LogP contribution in [0.2, 0.25) is 0 Å². The fourth-order valence-corrected chi connectivity index (χ4v) is 2.25. The van der Waals surface area contributed by atoms with Gasteiger partial charge in [0.2, 0.25) is 5.91 Å². The van der Waals surface area contributed by atoms with Crippen LogP contribution in [-0.2, 0) is 9.53 Å². The molecule has 0 unspecified atom stereocenters. The molecule has 1 fully saturated rings. The normalized spacial score (nSPS) is 18.4. The Morgan fingerprint density at radius 1 is 1.28 bits per heavy atom. The molecule has 1 heterocycles. The molecule has 0 aromatic heterocycles. The van der Waals surface area contributed by atoms with Crippen LogP contribution in [0.3, 0.4) is 0 Å². The molecular formula is C14H28N2O2. The van der Waals surface area contributed by atoms with Crippen LogP contribution in [0.4, 0.5) is 0 Å². The molecule has 1 amide bonds. The molecule has 0 radical (unpaired) electrons. The van der Waals surface area contributed by atoms with E-state index in [9.17, 15) is 4.79 Å². The minimum atomic E-state index is -0.237. The number of carbonyl (C=O) groups excluding carboxylic acids is 1. The Bertz CT molecular complexity index is 263. The van der Waals surface area contributed by atoms with Crippen LogP contribution in [0.5, 0.6) is 0 Å². The predicted molar refractivity (Wildman–Crippen MR) is 73.6 cm³/mol. The van der Waals surface area contributed by atoms with Gasteiger partial charge in [0.1, 0.15) is 6.61 Å². The lowest BCUT2D eigenvalue weighted by Gasteiger charge is -2.33. The van der Waals surface area contributed by atoms with E-state index in [2.05, 4.69) is 19.0 Å². The van der Waals surface area contributed by atoms with Crippen molar-refractivity contribution < 1.29 is 9.53 Å². The van der Waals surface area contributed by atoms with Crippen molar-refractivity contribution >= 4 is 5.91 Å². The first kappa shape index (κ1) is 15.4. The van der Waals surface area contributed by atoms with Gasteiger partial charge < -0.3 is 14.5 Å². The van der Waals surface area contributed by atoms with Gasteiger partial charge in [-0.3, -0.25) is 4.79 Å². The predicted octanol–water partition coefficient (Wildman–Crippen LogP) is 1.60. The lowest BCUT2D eigenvalue weighted by atomic mass is 9.96. The second-order valence-corrected chi connectivity index (χ2v) is 6.49. The van der Waals surface area contributed by atoms with Gasteiger partial charge in [-0.2, -0.15) is 0 Å². The van der Waals surface area contributed by atoms with Gasteiger partial charge in [0.05, 0.1) is 5.60 Å². The molecule has 1 rings (SSSR count). The fourth-order valence-electron chi connectivity index (χ4n) is 2.25. The Hall–Kier alpha value is -0.610. The highest BCUT2D eigenvalue weighted by Crippen LogP contribution is 2.18. The first-order valence-corrected chi connectivity index (χ1v) is 6.84. The van der Waals surface area contributed by atoms with Gasteiger partial charge >= 0.3 is 0 Å². The number of hydrogen-bond acceptors (Lipinski definition) is 3. The quantitative estimate of drug-likeness (QED) is 0.766. The maximum absolute atomic E-state index is 12.0. The molecule has 0 atom stereocenters. The summed E-state index contributed by atoms with van der Waals surface area (Å²) in [6, 6.07) is 0. The molecule has 0 aromatic carbocycles. The highest BCUT2D eigenvalue weighted by Gasteiger charge is 2.24. The molecule has 0 saturated carbocycles. The summed E-state index contributed by atoms with van der Waals surface area (Å²) in [5, 5.41) is 0. The second-order valence-electron chi connectivity index (χ2n) is 6.49. The molecule has 0 aliphatic carbocycles. The Labute approximate surface area is 111 Å². The summed E-state index contributed by atoms with van der Waals surface area (Å²) in [5.41, 5.74) is -0.237. The number of amides is 1. The van der Waals surface area contributed by atoms with E-state index in [-0.39, 0.29) is 18.1 Å². The van der Waals surface area contributed by atoms with Gasteiger partial charge in [0.25, 0.3) is 0 Å². The van der Waals surface area contributed by atoms with Crippen molar-refractivity contribution in [1.82, 2.24) is 9.80 Å². The van der Waals surface area contributed by atoms with E-state index in [1.165, 1.54) is 0 Å². The Balaban J connectivity index is 2.27. The van der Waals surface area contributed by atoms with Gasteiger partial charge in [-0.15, -0.1) is 0 Å². The molecule has 0 aromatic rings. The molecule has 1 saturated heterocycles. The number of likely N-dealkylation sites (tertiary alicyclic amines) is 1. The lowest BCUT2D eigenvalue weighted by molar-refractivity contribution is -0.142. The highest BCUT2D eigenvalue weighted by molar-refractivity contribution is 5.77. The zero-order valence-electron chi connectivity index (χ0n) is 12.5. The fraction of sp³-hybridized carbons (Fsp3) is 0.929. The molecule has 4 nitrogen and oxygen atoms in total. The summed E-state index contributed by atoms with van der Waals surface area (Å²) < 4.78 is 5.54. The van der Waals surface area contributed by atoms with Crippen molar-refractivity contribution in [3.63, 3.8) is 0 Å². The van der Waals surface area contributed by atoms with Crippen molar-refractivity contribution in [1.29, 1.82) is 0 Å². The third-order valence-corrected chi connectivity index (χ3v) is 3.22. The van der Waals surface area contributed by atoms with Crippen LogP contribution in [0.25, 0.3) is 0 Å². The number of nitrogens with zero attached hydrogens (tertiary/aromatic N) is 2. The zero-order chi connectivity index (χ0) is 13.8. The van der Waals surface area contributed by atoms with Gasteiger partial charge in [0, 0.05) is 19.6 Å². The SMILES string of the molecule is CN(C)CC1CCN(C(=O)COC(C)(C)C)CC1. The number of carbonyl (C=O) groups is 1. The van der Waals surface area contributed by atoms with Crippen LogP contribution in [-0.4, -0.2) is 61.6 Å². The average molecular weight is 256 g/mol. The third kappa shape index (κ3) is 5.83. The van der Waals surface area contributed by atoms with Crippen molar-refractivity contribution in [2.75, 3.05) is 40.3 Å². The summed E-state index contributed by atoms with van der Waals surface area (Å²) in [4.78, 5) is 16.1. The third-order valence-electron chi connectivity index (χ3n) is 3.22. The summed E-state index contributed by atoms with van der Waals surface area (Å²) >= 11 is 0. The van der Waals surface area contributed by atoms with E-state index >= 15 is 0 Å². The molecule has 18 heavy (non-hydrogen) atoms. The van der Waals surface area contributed by atoms with E-state index in [0.717, 1.165) is 38.4 Å². The van der Waals surface area contributed by atoms with Crippen LogP contribution < -0.4 is 0 Å². The molecule has 1 aliphatic heterocycles. The maximum Gasteiger partial charge on any atom is 0.248 e. The summed E-state index contributed by atoms with van der Waals surface area (Å²) in [6.07, 6.45) is 2.22. The van der Waals surface area contributed by atoms with Crippen LogP contribution in [0.1, 0.15) is 33.6 Å². The molecule has 0 bridgehead atoms. The molecule has 1 aliphatic rings. The van der Waals surface area contributed by atoms with Gasteiger partial charge in [0.15, 0.2) is 0 Å². The van der Waals surface area contributed by atoms with E-state index < -0.39 is 0 Å². The topological polar surface area (TPSA) is 32.8 Å². The number of piperidine rings is 1. The van der Waals surface area contributed by atoms with Gasteiger partial charge in [-0.1, -0.05) is 0 Å². The first-order chi connectivity index (χ1) is 8.28. The molecule has 0 N–H and O–H groups in total. The monoisotopic (exact) mass is 256 g/mol. The second kappa shape index (κ2) is 6.53. The number of hydrogen-bond donors (Lipinski definition) is 0.